The molecule has 1 N–H and O–H groups in total. The van der Waals surface area contributed by atoms with Crippen molar-refractivity contribution in [3.8, 4) is 0 Å². The number of nitrogens with one attached hydrogen (secondary N) is 1. The predicted molar refractivity (Wildman–Crippen MR) is 116 cm³/mol. The molecule has 0 bridgehead atoms. The van der Waals surface area contributed by atoms with Crippen LogP contribution in [0.5, 0.6) is 0 Å². The number of ether oxygens (including phenoxy) is 1. The molecule has 2 aliphatic heterocycles. The number of carbonyl (C=O) groups is 2. The summed E-state index contributed by atoms with van der Waals surface area (Å²) in [5, 5.41) is 3.77. The van der Waals surface area contributed by atoms with Crippen molar-refractivity contribution in [2.24, 2.45) is 0 Å². The molecule has 30 heavy (non-hydrogen) atoms. The molecule has 3 aliphatic rings. The number of hydrogen-bond donors (Lipinski definition) is 1. The summed E-state index contributed by atoms with van der Waals surface area (Å²) in [5.41, 5.74) is 4.64. The van der Waals surface area contributed by atoms with Gasteiger partial charge in [0.2, 0.25) is 0 Å². The summed E-state index contributed by atoms with van der Waals surface area (Å²) >= 11 is 0. The first-order chi connectivity index (χ1) is 14.5. The molecule has 0 radical (unpaired) electrons. The van der Waals surface area contributed by atoms with E-state index < -0.39 is 0 Å². The van der Waals surface area contributed by atoms with Gasteiger partial charge in [-0.25, -0.2) is 4.79 Å². The molecule has 162 valence electrons. The van der Waals surface area contributed by atoms with Gasteiger partial charge in [-0.1, -0.05) is 24.3 Å². The van der Waals surface area contributed by atoms with Gasteiger partial charge in [-0.05, 0) is 69.6 Å². The molecule has 4 rings (SSSR count). The number of hydrogen-bond acceptors (Lipinski definition) is 4. The molecule has 2 atom stereocenters. The fourth-order valence-corrected chi connectivity index (χ4v) is 5.10. The number of aryl methyl sites for hydroxylation is 1. The molecule has 1 saturated heterocycles. The second-order valence-electron chi connectivity index (χ2n) is 8.66. The first kappa shape index (κ1) is 20.9. The Morgan fingerprint density at radius 1 is 1.17 bits per heavy atom. The molecule has 1 aromatic carbocycles. The predicted octanol–water partition coefficient (Wildman–Crippen LogP) is 3.78. The van der Waals surface area contributed by atoms with E-state index in [9.17, 15) is 9.59 Å². The van der Waals surface area contributed by atoms with Crippen molar-refractivity contribution >= 4 is 12.0 Å². The average Bonchev–Trinajstić information content (AvgIpc) is 2.97. The number of benzene rings is 1. The molecule has 1 fully saturated rings. The van der Waals surface area contributed by atoms with Gasteiger partial charge in [0.15, 0.2) is 0 Å². The summed E-state index contributed by atoms with van der Waals surface area (Å²) in [7, 11) is 0. The minimum absolute atomic E-state index is 0.0761. The number of nitrogens with zero attached hydrogens (tertiary/aromatic N) is 2. The van der Waals surface area contributed by atoms with Crippen LogP contribution in [0.1, 0.15) is 63.6 Å². The molecule has 1 aromatic rings. The van der Waals surface area contributed by atoms with E-state index in [1.807, 2.05) is 13.8 Å². The van der Waals surface area contributed by atoms with Crippen LogP contribution in [0.4, 0.5) is 4.79 Å². The van der Waals surface area contributed by atoms with Gasteiger partial charge in [0.25, 0.3) is 5.91 Å². The molecule has 6 nitrogen and oxygen atoms in total. The lowest BCUT2D eigenvalue weighted by molar-refractivity contribution is -0.130. The van der Waals surface area contributed by atoms with E-state index in [-0.39, 0.29) is 30.2 Å². The van der Waals surface area contributed by atoms with Crippen LogP contribution in [-0.2, 0) is 16.0 Å². The maximum absolute atomic E-state index is 13.2. The summed E-state index contributed by atoms with van der Waals surface area (Å²) in [6.45, 7) is 7.63. The van der Waals surface area contributed by atoms with Crippen molar-refractivity contribution in [3.63, 3.8) is 0 Å². The van der Waals surface area contributed by atoms with E-state index in [0.717, 1.165) is 43.3 Å². The van der Waals surface area contributed by atoms with Crippen molar-refractivity contribution in [2.45, 2.75) is 71.1 Å². The molecule has 0 spiro atoms. The molecule has 2 amide bonds. The quantitative estimate of drug-likeness (QED) is 0.819. The number of fused-ring (bicyclic) bond motifs is 1. The van der Waals surface area contributed by atoms with E-state index in [0.29, 0.717) is 19.7 Å². The minimum atomic E-state index is -0.223. The van der Waals surface area contributed by atoms with Crippen LogP contribution in [0.3, 0.4) is 0 Å². The monoisotopic (exact) mass is 411 g/mol. The number of likely N-dealkylation sites (tertiary alicyclic amines) is 1. The SMILES string of the molecule is CCOC(=O)N1CCC(N[C@@H]2C(C)=C(C)C(=O)N2[C@H]2CCCc3ccccc32)CC1. The minimum Gasteiger partial charge on any atom is -0.450 e. The maximum atomic E-state index is 13.2. The highest BCUT2D eigenvalue weighted by molar-refractivity contribution is 5.97. The number of carbonyl (C=O) groups excluding carboxylic acids is 2. The Bertz CT molecular complexity index is 842. The third-order valence-electron chi connectivity index (χ3n) is 6.92. The van der Waals surface area contributed by atoms with Crippen molar-refractivity contribution in [1.82, 2.24) is 15.1 Å². The lowest BCUT2D eigenvalue weighted by Gasteiger charge is -2.41. The maximum Gasteiger partial charge on any atom is 0.409 e. The van der Waals surface area contributed by atoms with Gasteiger partial charge in [0, 0.05) is 24.7 Å². The van der Waals surface area contributed by atoms with Gasteiger partial charge >= 0.3 is 6.09 Å². The fourth-order valence-electron chi connectivity index (χ4n) is 5.10. The summed E-state index contributed by atoms with van der Waals surface area (Å²) in [4.78, 5) is 29.1. The molecule has 0 saturated carbocycles. The third kappa shape index (κ3) is 3.85. The Labute approximate surface area is 179 Å². The second kappa shape index (κ2) is 8.80. The summed E-state index contributed by atoms with van der Waals surface area (Å²) in [6, 6.07) is 8.95. The van der Waals surface area contributed by atoms with E-state index in [1.165, 1.54) is 11.1 Å². The Hall–Kier alpha value is -2.34. The molecule has 6 heteroatoms. The zero-order chi connectivity index (χ0) is 21.3. The number of amides is 2. The Morgan fingerprint density at radius 3 is 2.63 bits per heavy atom. The van der Waals surface area contributed by atoms with Crippen LogP contribution in [0.15, 0.2) is 35.4 Å². The highest BCUT2D eigenvalue weighted by Crippen LogP contribution is 2.40. The Balaban J connectivity index is 1.49. The number of piperidine rings is 1. The highest BCUT2D eigenvalue weighted by atomic mass is 16.6. The largest absolute Gasteiger partial charge is 0.450 e. The lowest BCUT2D eigenvalue weighted by atomic mass is 9.86. The van der Waals surface area contributed by atoms with Crippen LogP contribution < -0.4 is 5.32 Å². The van der Waals surface area contributed by atoms with Crippen LogP contribution in [-0.4, -0.2) is 53.7 Å². The second-order valence-corrected chi connectivity index (χ2v) is 8.66. The van der Waals surface area contributed by atoms with Gasteiger partial charge in [-0.15, -0.1) is 0 Å². The molecule has 2 heterocycles. The van der Waals surface area contributed by atoms with Crippen LogP contribution >= 0.6 is 0 Å². The fraction of sp³-hybridized carbons (Fsp3) is 0.583. The summed E-state index contributed by atoms with van der Waals surface area (Å²) < 4.78 is 5.13. The van der Waals surface area contributed by atoms with Gasteiger partial charge in [-0.2, -0.15) is 0 Å². The molecular weight excluding hydrogens is 378 g/mol. The van der Waals surface area contributed by atoms with Gasteiger partial charge in [0.1, 0.15) is 6.17 Å². The lowest BCUT2D eigenvalue weighted by Crippen LogP contribution is -2.54. The van der Waals surface area contributed by atoms with Gasteiger partial charge in [0.05, 0.1) is 12.6 Å². The normalized spacial score (nSPS) is 25.0. The van der Waals surface area contributed by atoms with Crippen molar-refractivity contribution in [2.75, 3.05) is 19.7 Å². The van der Waals surface area contributed by atoms with Gasteiger partial charge < -0.3 is 14.5 Å². The third-order valence-corrected chi connectivity index (χ3v) is 6.92. The molecule has 1 aliphatic carbocycles. The first-order valence-electron chi connectivity index (χ1n) is 11.3. The average molecular weight is 412 g/mol. The summed E-state index contributed by atoms with van der Waals surface area (Å²) in [5.74, 6) is 0.149. The smallest absolute Gasteiger partial charge is 0.409 e. The topological polar surface area (TPSA) is 61.9 Å². The van der Waals surface area contributed by atoms with Crippen molar-refractivity contribution in [1.29, 1.82) is 0 Å². The summed E-state index contributed by atoms with van der Waals surface area (Å²) in [6.07, 6.45) is 4.63. The Morgan fingerprint density at radius 2 is 1.90 bits per heavy atom. The van der Waals surface area contributed by atoms with E-state index in [2.05, 4.69) is 41.4 Å². The van der Waals surface area contributed by atoms with Crippen LogP contribution in [0, 0.1) is 0 Å². The van der Waals surface area contributed by atoms with Crippen molar-refractivity contribution in [3.05, 3.63) is 46.5 Å². The number of rotatable bonds is 4. The van der Waals surface area contributed by atoms with E-state index >= 15 is 0 Å². The van der Waals surface area contributed by atoms with Crippen LogP contribution in [0.25, 0.3) is 0 Å². The van der Waals surface area contributed by atoms with Gasteiger partial charge in [-0.3, -0.25) is 10.1 Å². The molecule has 0 aromatic heterocycles. The van der Waals surface area contributed by atoms with E-state index in [1.54, 1.807) is 4.90 Å². The van der Waals surface area contributed by atoms with Crippen LogP contribution in [0.2, 0.25) is 0 Å². The standard InChI is InChI=1S/C24H33N3O3/c1-4-30-24(29)26-14-12-19(13-15-26)25-22-16(2)17(3)23(28)27(22)21-11-7-9-18-8-5-6-10-20(18)21/h5-6,8,10,19,21-22,25H,4,7,9,11-15H2,1-3H3/t21-,22-/m0/s1. The van der Waals surface area contributed by atoms with Crippen molar-refractivity contribution < 1.29 is 14.3 Å². The zero-order valence-electron chi connectivity index (χ0n) is 18.3. The van der Waals surface area contributed by atoms with E-state index in [4.69, 9.17) is 4.74 Å². The Kier molecular flexibility index (Phi) is 6.14. The zero-order valence-corrected chi connectivity index (χ0v) is 18.3. The highest BCUT2D eigenvalue weighted by Gasteiger charge is 2.42. The molecule has 0 unspecified atom stereocenters. The molecular formula is C24H33N3O3. The first-order valence-corrected chi connectivity index (χ1v) is 11.3.